The van der Waals surface area contributed by atoms with Crippen molar-refractivity contribution in [3.63, 3.8) is 0 Å². The fourth-order valence-corrected chi connectivity index (χ4v) is 4.92. The van der Waals surface area contributed by atoms with Crippen molar-refractivity contribution >= 4 is 22.9 Å². The number of anilines is 1. The maximum Gasteiger partial charge on any atom is 0.231 e. The number of benzene rings is 1. The van der Waals surface area contributed by atoms with Crippen LogP contribution in [0.2, 0.25) is 0 Å². The first-order valence-electron chi connectivity index (χ1n) is 8.64. The Labute approximate surface area is 150 Å². The lowest BCUT2D eigenvalue weighted by Gasteiger charge is -2.24. The molecule has 25 heavy (non-hydrogen) atoms. The Hall–Kier alpha value is -2.05. The van der Waals surface area contributed by atoms with E-state index in [1.807, 2.05) is 23.1 Å². The number of fused-ring (bicyclic) bond motifs is 1. The van der Waals surface area contributed by atoms with Crippen molar-refractivity contribution in [2.75, 3.05) is 31.3 Å². The number of thiophene rings is 1. The zero-order chi connectivity index (χ0) is 16.9. The van der Waals surface area contributed by atoms with E-state index in [0.29, 0.717) is 6.42 Å². The smallest absolute Gasteiger partial charge is 0.231 e. The molecule has 1 atom stereocenters. The first-order valence-corrected chi connectivity index (χ1v) is 9.59. The molecule has 5 nitrogen and oxygen atoms in total. The normalized spacial score (nSPS) is 25.4. The second-order valence-electron chi connectivity index (χ2n) is 7.29. The fraction of sp³-hybridized carbons (Fsp3) is 0.421. The molecule has 0 aliphatic carbocycles. The van der Waals surface area contributed by atoms with Crippen LogP contribution in [0.5, 0.6) is 11.5 Å². The lowest BCUT2D eigenvalue weighted by atomic mass is 9.86. The first-order chi connectivity index (χ1) is 12.2. The number of hydrogen-bond donors (Lipinski definition) is 0. The van der Waals surface area contributed by atoms with Gasteiger partial charge in [-0.3, -0.25) is 9.69 Å². The van der Waals surface area contributed by atoms with E-state index in [0.717, 1.165) is 49.8 Å². The fourth-order valence-electron chi connectivity index (χ4n) is 4.26. The highest BCUT2D eigenvalue weighted by Gasteiger charge is 2.47. The molecule has 6 heteroatoms. The highest BCUT2D eigenvalue weighted by atomic mass is 32.1. The second-order valence-corrected chi connectivity index (χ2v) is 8.07. The van der Waals surface area contributed by atoms with Gasteiger partial charge in [0.25, 0.3) is 0 Å². The van der Waals surface area contributed by atoms with E-state index < -0.39 is 0 Å². The molecular weight excluding hydrogens is 336 g/mol. The maximum atomic E-state index is 12.7. The summed E-state index contributed by atoms with van der Waals surface area (Å²) >= 11 is 1.74. The Bertz CT molecular complexity index is 807. The van der Waals surface area contributed by atoms with Crippen molar-refractivity contribution in [2.45, 2.75) is 19.4 Å². The Morgan fingerprint density at radius 3 is 2.96 bits per heavy atom. The van der Waals surface area contributed by atoms with E-state index in [-0.39, 0.29) is 18.1 Å². The van der Waals surface area contributed by atoms with Crippen molar-refractivity contribution < 1.29 is 14.3 Å². The molecule has 3 aliphatic heterocycles. The average molecular weight is 356 g/mol. The van der Waals surface area contributed by atoms with Crippen molar-refractivity contribution in [3.8, 4) is 11.5 Å². The van der Waals surface area contributed by atoms with Crippen LogP contribution in [0.3, 0.4) is 0 Å². The number of amides is 1. The molecular formula is C19H20N2O3S. The predicted octanol–water partition coefficient (Wildman–Crippen LogP) is 3.11. The summed E-state index contributed by atoms with van der Waals surface area (Å²) in [5.74, 6) is 1.71. The van der Waals surface area contributed by atoms with Crippen LogP contribution < -0.4 is 14.4 Å². The third-order valence-electron chi connectivity index (χ3n) is 5.49. The molecule has 2 fully saturated rings. The molecule has 4 heterocycles. The zero-order valence-electron chi connectivity index (χ0n) is 13.9. The molecule has 0 bridgehead atoms. The minimum absolute atomic E-state index is 0.0868. The summed E-state index contributed by atoms with van der Waals surface area (Å²) in [6.45, 7) is 4.11. The van der Waals surface area contributed by atoms with Gasteiger partial charge >= 0.3 is 0 Å². The Kier molecular flexibility index (Phi) is 3.50. The van der Waals surface area contributed by atoms with Gasteiger partial charge in [-0.2, -0.15) is 11.3 Å². The van der Waals surface area contributed by atoms with Crippen molar-refractivity contribution in [1.29, 1.82) is 0 Å². The van der Waals surface area contributed by atoms with E-state index in [2.05, 4.69) is 21.7 Å². The van der Waals surface area contributed by atoms with E-state index >= 15 is 0 Å². The summed E-state index contributed by atoms with van der Waals surface area (Å²) in [7, 11) is 0. The predicted molar refractivity (Wildman–Crippen MR) is 96.2 cm³/mol. The molecule has 1 aromatic heterocycles. The molecule has 2 saturated heterocycles. The lowest BCUT2D eigenvalue weighted by molar-refractivity contribution is -0.117. The van der Waals surface area contributed by atoms with Gasteiger partial charge in [0.15, 0.2) is 11.5 Å². The number of ether oxygens (including phenoxy) is 2. The van der Waals surface area contributed by atoms with Gasteiger partial charge in [0.1, 0.15) is 0 Å². The Balaban J connectivity index is 1.32. The van der Waals surface area contributed by atoms with Crippen LogP contribution >= 0.6 is 11.3 Å². The van der Waals surface area contributed by atoms with Crippen LogP contribution in [0.25, 0.3) is 0 Å². The van der Waals surface area contributed by atoms with Gasteiger partial charge < -0.3 is 14.4 Å². The molecule has 0 saturated carbocycles. The molecule has 0 N–H and O–H groups in total. The summed E-state index contributed by atoms with van der Waals surface area (Å²) < 4.78 is 10.8. The van der Waals surface area contributed by atoms with E-state index in [4.69, 9.17) is 9.47 Å². The minimum Gasteiger partial charge on any atom is -0.454 e. The largest absolute Gasteiger partial charge is 0.454 e. The molecule has 1 spiro atoms. The molecule has 1 unspecified atom stereocenters. The van der Waals surface area contributed by atoms with Gasteiger partial charge in [-0.1, -0.05) is 0 Å². The summed E-state index contributed by atoms with van der Waals surface area (Å²) in [6, 6.07) is 7.97. The van der Waals surface area contributed by atoms with Gasteiger partial charge in [-0.15, -0.1) is 0 Å². The zero-order valence-corrected chi connectivity index (χ0v) is 14.8. The van der Waals surface area contributed by atoms with Crippen molar-refractivity contribution in [2.24, 2.45) is 5.41 Å². The van der Waals surface area contributed by atoms with Crippen LogP contribution in [0.1, 0.15) is 18.4 Å². The molecule has 3 aliphatic rings. The van der Waals surface area contributed by atoms with Crippen LogP contribution in [0, 0.1) is 5.41 Å². The van der Waals surface area contributed by atoms with Crippen LogP contribution in [0.4, 0.5) is 5.69 Å². The average Bonchev–Trinajstić information content (AvgIpc) is 3.37. The first kappa shape index (κ1) is 15.2. The second kappa shape index (κ2) is 5.75. The number of carbonyl (C=O) groups excluding carboxylic acids is 1. The molecule has 1 amide bonds. The molecule has 130 valence electrons. The summed E-state index contributed by atoms with van der Waals surface area (Å²) in [6.07, 6.45) is 1.73. The number of nitrogens with zero attached hydrogens (tertiary/aromatic N) is 2. The summed E-state index contributed by atoms with van der Waals surface area (Å²) in [5, 5.41) is 4.34. The van der Waals surface area contributed by atoms with Crippen LogP contribution in [-0.4, -0.2) is 37.2 Å². The Morgan fingerprint density at radius 1 is 1.16 bits per heavy atom. The van der Waals surface area contributed by atoms with Crippen LogP contribution in [-0.2, 0) is 11.3 Å². The van der Waals surface area contributed by atoms with Crippen molar-refractivity contribution in [3.05, 3.63) is 40.6 Å². The highest BCUT2D eigenvalue weighted by molar-refractivity contribution is 7.07. The number of carbonyl (C=O) groups is 1. The minimum atomic E-state index is 0.0868. The van der Waals surface area contributed by atoms with Gasteiger partial charge in [0, 0.05) is 43.2 Å². The molecule has 2 aromatic rings. The van der Waals surface area contributed by atoms with Crippen molar-refractivity contribution in [1.82, 2.24) is 4.90 Å². The summed E-state index contributed by atoms with van der Waals surface area (Å²) in [5.41, 5.74) is 2.38. The highest BCUT2D eigenvalue weighted by Crippen LogP contribution is 2.44. The maximum absolute atomic E-state index is 12.7. The summed E-state index contributed by atoms with van der Waals surface area (Å²) in [4.78, 5) is 17.1. The third-order valence-corrected chi connectivity index (χ3v) is 6.22. The van der Waals surface area contributed by atoms with Gasteiger partial charge in [-0.25, -0.2) is 0 Å². The number of rotatable bonds is 3. The van der Waals surface area contributed by atoms with Gasteiger partial charge in [0.2, 0.25) is 12.7 Å². The number of likely N-dealkylation sites (tertiary alicyclic amines) is 1. The molecule has 0 radical (unpaired) electrons. The monoisotopic (exact) mass is 356 g/mol. The third kappa shape index (κ3) is 2.69. The Morgan fingerprint density at radius 2 is 2.08 bits per heavy atom. The quantitative estimate of drug-likeness (QED) is 0.847. The molecule has 5 rings (SSSR count). The number of hydrogen-bond acceptors (Lipinski definition) is 5. The van der Waals surface area contributed by atoms with Crippen LogP contribution in [0.15, 0.2) is 35.0 Å². The lowest BCUT2D eigenvalue weighted by Crippen LogP contribution is -2.31. The van der Waals surface area contributed by atoms with E-state index in [1.54, 1.807) is 11.3 Å². The van der Waals surface area contributed by atoms with E-state index in [1.165, 1.54) is 5.56 Å². The standard InChI is InChI=1S/C19H20N2O3S/c22-18-8-19(4-5-20(11-19)9-14-3-6-25-10-14)12-21(18)15-1-2-16-17(7-15)24-13-23-16/h1-3,6-7,10H,4-5,8-9,11-13H2. The molecule has 1 aromatic carbocycles. The van der Waals surface area contributed by atoms with Gasteiger partial charge in [0.05, 0.1) is 0 Å². The topological polar surface area (TPSA) is 42.0 Å². The SMILES string of the molecule is O=C1CC2(CCN(Cc3ccsc3)C2)CN1c1ccc2c(c1)OCO2. The van der Waals surface area contributed by atoms with E-state index in [9.17, 15) is 4.79 Å². The van der Waals surface area contributed by atoms with Gasteiger partial charge in [-0.05, 0) is 47.5 Å².